The van der Waals surface area contributed by atoms with Crippen LogP contribution in [0.2, 0.25) is 0 Å². The Kier molecular flexibility index (Phi) is 11.6. The smallest absolute Gasteiger partial charge is 0.306 e. The van der Waals surface area contributed by atoms with Crippen molar-refractivity contribution in [3.05, 3.63) is 73.3 Å². The predicted octanol–water partition coefficient (Wildman–Crippen LogP) is 3.96. The first-order chi connectivity index (χ1) is 14.1. The van der Waals surface area contributed by atoms with Crippen LogP contribution in [0.15, 0.2) is 35.2 Å². The minimum absolute atomic E-state index is 0.0214. The number of nitro groups is 2. The Morgan fingerprint density at radius 1 is 1.00 bits per heavy atom. The molecule has 0 radical (unpaired) electrons. The van der Waals surface area contributed by atoms with Gasteiger partial charge in [-0.05, 0) is 37.1 Å². The molecule has 31 heavy (non-hydrogen) atoms. The molecule has 172 valence electrons. The van der Waals surface area contributed by atoms with E-state index in [0.29, 0.717) is 11.6 Å². The van der Waals surface area contributed by atoms with Crippen LogP contribution < -0.4 is 0 Å². The van der Waals surface area contributed by atoms with Gasteiger partial charge < -0.3 is 4.55 Å². The van der Waals surface area contributed by atoms with Gasteiger partial charge in [0.1, 0.15) is 11.4 Å². The molecule has 2 aromatic carbocycles. The Morgan fingerprint density at radius 2 is 1.45 bits per heavy atom. The quantitative estimate of drug-likeness (QED) is 0.249. The molecule has 0 heterocycles. The van der Waals surface area contributed by atoms with Crippen molar-refractivity contribution < 1.29 is 39.5 Å². The van der Waals surface area contributed by atoms with Crippen molar-refractivity contribution in [2.45, 2.75) is 18.7 Å². The van der Waals surface area contributed by atoms with Crippen LogP contribution in [-0.2, 0) is 24.1 Å². The SMILES string of the molecule is Cc1cc(F)c([N+](=O)[O-])cc1S(=O)(=O)Cl.Cc1ccc([N+](=O)[O-])c(F)c1.O=S([O-])OCl. The van der Waals surface area contributed by atoms with Crippen LogP contribution in [0.4, 0.5) is 20.2 Å². The van der Waals surface area contributed by atoms with Gasteiger partial charge in [0, 0.05) is 22.8 Å². The van der Waals surface area contributed by atoms with Gasteiger partial charge in [-0.3, -0.25) is 20.2 Å². The molecule has 0 aromatic heterocycles. The summed E-state index contributed by atoms with van der Waals surface area (Å²) in [6.45, 7) is 2.97. The van der Waals surface area contributed by atoms with Crippen molar-refractivity contribution in [3.8, 4) is 0 Å². The number of aryl methyl sites for hydroxylation is 2. The van der Waals surface area contributed by atoms with Gasteiger partial charge in [-0.25, -0.2) is 12.6 Å². The lowest BCUT2D eigenvalue weighted by Crippen LogP contribution is -2.00. The molecule has 0 N–H and O–H groups in total. The molecule has 1 unspecified atom stereocenters. The molecule has 0 aliphatic rings. The summed E-state index contributed by atoms with van der Waals surface area (Å²) >= 11 is 1.67. The summed E-state index contributed by atoms with van der Waals surface area (Å²) in [6.07, 6.45) is 0. The molecule has 0 saturated carbocycles. The molecule has 11 nitrogen and oxygen atoms in total. The van der Waals surface area contributed by atoms with E-state index in [0.717, 1.165) is 18.2 Å². The van der Waals surface area contributed by atoms with E-state index in [2.05, 4.69) is 15.6 Å². The molecular formula is C14H11Cl2F2N2O9S2-. The van der Waals surface area contributed by atoms with E-state index >= 15 is 0 Å². The lowest BCUT2D eigenvalue weighted by atomic mass is 10.2. The molecule has 0 aliphatic carbocycles. The Labute approximate surface area is 185 Å². The van der Waals surface area contributed by atoms with Gasteiger partial charge in [-0.2, -0.15) is 12.5 Å². The summed E-state index contributed by atoms with van der Waals surface area (Å²) in [5.41, 5.74) is -0.698. The molecule has 1 atom stereocenters. The van der Waals surface area contributed by atoms with Crippen LogP contribution in [0.25, 0.3) is 0 Å². The highest BCUT2D eigenvalue weighted by atomic mass is 35.7. The summed E-state index contributed by atoms with van der Waals surface area (Å²) in [6, 6.07) is 5.16. The van der Waals surface area contributed by atoms with E-state index in [1.807, 2.05) is 0 Å². The first-order valence-corrected chi connectivity index (χ1v) is 10.9. The Bertz CT molecular complexity index is 1100. The fraction of sp³-hybridized carbons (Fsp3) is 0.143. The van der Waals surface area contributed by atoms with Crippen molar-refractivity contribution in [2.75, 3.05) is 0 Å². The number of benzene rings is 2. The maximum atomic E-state index is 13.0. The van der Waals surface area contributed by atoms with E-state index in [1.165, 1.54) is 13.0 Å². The van der Waals surface area contributed by atoms with Gasteiger partial charge in [-0.15, -0.1) is 0 Å². The summed E-state index contributed by atoms with van der Waals surface area (Å²) < 4.78 is 68.7. The fourth-order valence-corrected chi connectivity index (χ4v) is 3.00. The van der Waals surface area contributed by atoms with E-state index in [-0.39, 0.29) is 5.56 Å². The molecular weight excluding hydrogens is 513 g/mol. The highest BCUT2D eigenvalue weighted by molar-refractivity contribution is 8.13. The minimum atomic E-state index is -4.11. The van der Waals surface area contributed by atoms with Gasteiger partial charge in [0.15, 0.2) is 0 Å². The van der Waals surface area contributed by atoms with Crippen LogP contribution in [0.5, 0.6) is 0 Å². The molecule has 2 rings (SSSR count). The average molecular weight is 524 g/mol. The highest BCUT2D eigenvalue weighted by Crippen LogP contribution is 2.27. The zero-order valence-corrected chi connectivity index (χ0v) is 18.4. The molecule has 0 fully saturated rings. The predicted molar refractivity (Wildman–Crippen MR) is 104 cm³/mol. The van der Waals surface area contributed by atoms with Crippen molar-refractivity contribution >= 4 is 54.3 Å². The maximum Gasteiger partial charge on any atom is 0.306 e. The third-order valence-electron chi connectivity index (χ3n) is 3.06. The lowest BCUT2D eigenvalue weighted by Gasteiger charge is -2.02. The van der Waals surface area contributed by atoms with Crippen molar-refractivity contribution in [2.24, 2.45) is 0 Å². The number of nitrogens with zero attached hydrogens (tertiary/aromatic N) is 2. The minimum Gasteiger partial charge on any atom is -0.749 e. The second-order valence-electron chi connectivity index (χ2n) is 5.24. The van der Waals surface area contributed by atoms with Gasteiger partial charge in [0.05, 0.1) is 26.6 Å². The van der Waals surface area contributed by atoms with Crippen molar-refractivity contribution in [1.82, 2.24) is 0 Å². The Morgan fingerprint density at radius 3 is 1.81 bits per heavy atom. The van der Waals surface area contributed by atoms with Crippen LogP contribution >= 0.6 is 22.5 Å². The second-order valence-corrected chi connectivity index (χ2v) is 8.69. The normalized spacial score (nSPS) is 11.3. The van der Waals surface area contributed by atoms with E-state index in [4.69, 9.17) is 19.4 Å². The van der Waals surface area contributed by atoms with E-state index in [1.54, 1.807) is 6.92 Å². The molecule has 2 aromatic rings. The monoisotopic (exact) mass is 523 g/mol. The summed E-state index contributed by atoms with van der Waals surface area (Å²) in [5.74, 6) is -1.88. The van der Waals surface area contributed by atoms with Crippen molar-refractivity contribution in [1.29, 1.82) is 0 Å². The molecule has 0 spiro atoms. The topological polar surface area (TPSA) is 170 Å². The maximum absolute atomic E-state index is 13.0. The largest absolute Gasteiger partial charge is 0.749 e. The van der Waals surface area contributed by atoms with Gasteiger partial charge in [0.25, 0.3) is 9.05 Å². The zero-order chi connectivity index (χ0) is 24.5. The molecule has 0 bridgehead atoms. The van der Waals surface area contributed by atoms with Crippen molar-refractivity contribution in [3.63, 3.8) is 0 Å². The number of hydrogen-bond donors (Lipinski definition) is 0. The lowest BCUT2D eigenvalue weighted by molar-refractivity contribution is -0.387. The van der Waals surface area contributed by atoms with Gasteiger partial charge >= 0.3 is 11.4 Å². The number of rotatable bonds is 4. The first kappa shape index (κ1) is 28.7. The third-order valence-corrected chi connectivity index (χ3v) is 4.93. The summed E-state index contributed by atoms with van der Waals surface area (Å²) in [7, 11) is 0.915. The summed E-state index contributed by atoms with van der Waals surface area (Å²) in [4.78, 5) is 18.2. The standard InChI is InChI=1S/C7H5ClFNO4S.C7H6FNO2.ClHO3S/c1-4-2-5(9)6(10(11)12)3-7(4)15(8,13)14;1-5-2-3-7(9(10)11)6(8)4-5;1-4-5(2)3/h2-3H,1H3;2-4H,1H3;(H,2,3)/p-1. The van der Waals surface area contributed by atoms with E-state index in [9.17, 15) is 37.4 Å². The van der Waals surface area contributed by atoms with Gasteiger partial charge in [-0.1, -0.05) is 6.07 Å². The molecule has 17 heteroatoms. The number of nitro benzene ring substituents is 2. The van der Waals surface area contributed by atoms with Crippen LogP contribution in [0, 0.1) is 45.7 Å². The number of hydrogen-bond acceptors (Lipinski definition) is 9. The van der Waals surface area contributed by atoms with E-state index < -0.39 is 58.2 Å². The van der Waals surface area contributed by atoms with Crippen LogP contribution in [0.3, 0.4) is 0 Å². The van der Waals surface area contributed by atoms with Crippen LogP contribution in [-0.4, -0.2) is 27.0 Å². The zero-order valence-electron chi connectivity index (χ0n) is 15.3. The first-order valence-electron chi connectivity index (χ1n) is 7.29. The summed E-state index contributed by atoms with van der Waals surface area (Å²) in [5, 5.41) is 20.4. The Hall–Kier alpha value is -2.30. The van der Waals surface area contributed by atoms with Crippen LogP contribution in [0.1, 0.15) is 11.1 Å². The Balaban J connectivity index is 0.000000492. The molecule has 0 amide bonds. The van der Waals surface area contributed by atoms with Gasteiger partial charge in [0.2, 0.25) is 11.6 Å². The molecule has 0 saturated heterocycles. The average Bonchev–Trinajstić information content (AvgIpc) is 2.60. The second kappa shape index (κ2) is 12.5. The third kappa shape index (κ3) is 10.0. The number of halogens is 4. The fourth-order valence-electron chi connectivity index (χ4n) is 1.80. The highest BCUT2D eigenvalue weighted by Gasteiger charge is 2.22. The molecule has 0 aliphatic heterocycles.